The summed E-state index contributed by atoms with van der Waals surface area (Å²) < 4.78 is 1.15. The van der Waals surface area contributed by atoms with E-state index in [1.165, 1.54) is 26.0 Å². The Morgan fingerprint density at radius 2 is 1.69 bits per heavy atom. The highest BCUT2D eigenvalue weighted by Gasteiger charge is 2.22. The Kier molecular flexibility index (Phi) is 5.25. The molecule has 0 saturated carbocycles. The minimum Gasteiger partial charge on any atom is -0.271 e. The van der Waals surface area contributed by atoms with Gasteiger partial charge in [-0.05, 0) is 26.0 Å². The Morgan fingerprint density at radius 3 is 2.19 bits per heavy atom. The number of aryl methyl sites for hydroxylation is 1. The predicted molar refractivity (Wildman–Crippen MR) is 87.1 cm³/mol. The van der Waals surface area contributed by atoms with Crippen molar-refractivity contribution in [3.8, 4) is 0 Å². The van der Waals surface area contributed by atoms with Gasteiger partial charge in [0.1, 0.15) is 17.9 Å². The number of nitrogens with zero attached hydrogens (tertiary/aromatic N) is 4. The second kappa shape index (κ2) is 7.38. The van der Waals surface area contributed by atoms with Crippen LogP contribution < -0.4 is 10.9 Å². The van der Waals surface area contributed by atoms with Crippen LogP contribution in [-0.2, 0) is 11.3 Å². The highest BCUT2D eigenvalue weighted by molar-refractivity contribution is 5.95. The maximum absolute atomic E-state index is 11.9. The number of amides is 2. The van der Waals surface area contributed by atoms with Crippen molar-refractivity contribution in [1.82, 2.24) is 20.6 Å². The van der Waals surface area contributed by atoms with Crippen LogP contribution in [0.4, 0.5) is 11.4 Å². The number of nitro groups is 2. The molecular weight excluding hydrogens is 348 g/mol. The number of hydrogen-bond acceptors (Lipinski definition) is 7. The molecule has 1 heterocycles. The van der Waals surface area contributed by atoms with E-state index >= 15 is 0 Å². The molecule has 136 valence electrons. The van der Waals surface area contributed by atoms with Gasteiger partial charge in [0.25, 0.3) is 17.5 Å². The van der Waals surface area contributed by atoms with Crippen LogP contribution in [-0.4, -0.2) is 31.4 Å². The highest BCUT2D eigenvalue weighted by Crippen LogP contribution is 2.21. The van der Waals surface area contributed by atoms with Gasteiger partial charge in [-0.1, -0.05) is 0 Å². The summed E-state index contributed by atoms with van der Waals surface area (Å²) in [5.41, 5.74) is 4.45. The zero-order chi connectivity index (χ0) is 19.4. The largest absolute Gasteiger partial charge is 0.312 e. The Bertz CT molecular complexity index is 888. The number of hydrogen-bond donors (Lipinski definition) is 2. The fraction of sp³-hybridized carbons (Fsp3) is 0.214. The molecule has 0 spiro atoms. The zero-order valence-electron chi connectivity index (χ0n) is 13.8. The van der Waals surface area contributed by atoms with Crippen LogP contribution in [0.15, 0.2) is 24.3 Å². The number of hydrazine groups is 1. The monoisotopic (exact) mass is 362 g/mol. The molecule has 2 aromatic rings. The third kappa shape index (κ3) is 3.98. The van der Waals surface area contributed by atoms with Crippen molar-refractivity contribution in [2.75, 3.05) is 0 Å². The Morgan fingerprint density at radius 1 is 1.08 bits per heavy atom. The molecule has 0 saturated heterocycles. The van der Waals surface area contributed by atoms with Gasteiger partial charge >= 0.3 is 5.69 Å². The molecule has 0 atom stereocenters. The van der Waals surface area contributed by atoms with Crippen LogP contribution in [0.5, 0.6) is 0 Å². The number of aromatic nitrogens is 2. The molecule has 0 aliphatic rings. The van der Waals surface area contributed by atoms with Crippen molar-refractivity contribution in [2.24, 2.45) is 0 Å². The fourth-order valence-electron chi connectivity index (χ4n) is 2.21. The smallest absolute Gasteiger partial charge is 0.271 e. The number of nitrogens with one attached hydrogen (secondary N) is 2. The SMILES string of the molecule is Cc1nn(CC(=O)NNC(=O)c2ccc([N+](=O)[O-])cc2)c(C)c1[N+](=O)[O-]. The summed E-state index contributed by atoms with van der Waals surface area (Å²) in [6.07, 6.45) is 0. The molecule has 12 heteroatoms. The van der Waals surface area contributed by atoms with E-state index in [-0.39, 0.29) is 34.9 Å². The number of carbonyl (C=O) groups is 2. The van der Waals surface area contributed by atoms with Crippen molar-refractivity contribution < 1.29 is 19.4 Å². The Balaban J connectivity index is 1.96. The molecule has 0 radical (unpaired) electrons. The first-order valence-corrected chi connectivity index (χ1v) is 7.22. The second-order valence-corrected chi connectivity index (χ2v) is 5.24. The summed E-state index contributed by atoms with van der Waals surface area (Å²) in [7, 11) is 0. The molecule has 0 fully saturated rings. The molecule has 1 aromatic carbocycles. The van der Waals surface area contributed by atoms with Gasteiger partial charge in [0.2, 0.25) is 0 Å². The van der Waals surface area contributed by atoms with Crippen molar-refractivity contribution in [3.05, 3.63) is 61.4 Å². The summed E-state index contributed by atoms with van der Waals surface area (Å²) >= 11 is 0. The average Bonchev–Trinajstić information content (AvgIpc) is 2.86. The Hall–Kier alpha value is -3.83. The molecule has 2 amide bonds. The van der Waals surface area contributed by atoms with Crippen LogP contribution in [0.3, 0.4) is 0 Å². The fourth-order valence-corrected chi connectivity index (χ4v) is 2.21. The highest BCUT2D eigenvalue weighted by atomic mass is 16.6. The summed E-state index contributed by atoms with van der Waals surface area (Å²) in [6, 6.07) is 4.80. The van der Waals surface area contributed by atoms with Crippen molar-refractivity contribution in [3.63, 3.8) is 0 Å². The van der Waals surface area contributed by atoms with E-state index in [9.17, 15) is 29.8 Å². The van der Waals surface area contributed by atoms with E-state index in [1.54, 1.807) is 0 Å². The van der Waals surface area contributed by atoms with Gasteiger partial charge in [0.15, 0.2) is 0 Å². The molecule has 0 aliphatic carbocycles. The van der Waals surface area contributed by atoms with Crippen LogP contribution in [0.1, 0.15) is 21.7 Å². The zero-order valence-corrected chi connectivity index (χ0v) is 13.8. The van der Waals surface area contributed by atoms with Gasteiger partial charge in [0, 0.05) is 17.7 Å². The summed E-state index contributed by atoms with van der Waals surface area (Å²) in [5.74, 6) is -1.33. The molecule has 0 bridgehead atoms. The first-order chi connectivity index (χ1) is 12.2. The van der Waals surface area contributed by atoms with Gasteiger partial charge in [-0.3, -0.25) is 45.4 Å². The maximum Gasteiger partial charge on any atom is 0.312 e. The van der Waals surface area contributed by atoms with Gasteiger partial charge in [-0.25, -0.2) is 0 Å². The van der Waals surface area contributed by atoms with E-state index in [0.717, 1.165) is 16.8 Å². The van der Waals surface area contributed by atoms with Gasteiger partial charge in [-0.2, -0.15) is 5.10 Å². The van der Waals surface area contributed by atoms with Crippen molar-refractivity contribution in [2.45, 2.75) is 20.4 Å². The minimum absolute atomic E-state index is 0.109. The molecule has 2 rings (SSSR count). The van der Waals surface area contributed by atoms with E-state index < -0.39 is 21.7 Å². The lowest BCUT2D eigenvalue weighted by atomic mass is 10.2. The Labute approximate surface area is 146 Å². The predicted octanol–water partition coefficient (Wildman–Crippen LogP) is 0.778. The van der Waals surface area contributed by atoms with Crippen LogP contribution in [0.2, 0.25) is 0 Å². The number of benzene rings is 1. The van der Waals surface area contributed by atoms with Crippen LogP contribution in [0.25, 0.3) is 0 Å². The minimum atomic E-state index is -0.674. The van der Waals surface area contributed by atoms with E-state index in [0.29, 0.717) is 0 Å². The standard InChI is InChI=1S/C14H14N6O6/c1-8-13(20(25)26)9(2)18(17-8)7-12(21)15-16-14(22)10-3-5-11(6-4-10)19(23)24/h3-6H,7H2,1-2H3,(H,15,21)(H,16,22). The number of nitro benzene ring substituents is 1. The van der Waals surface area contributed by atoms with Gasteiger partial charge in [-0.15, -0.1) is 0 Å². The van der Waals surface area contributed by atoms with Crippen molar-refractivity contribution in [1.29, 1.82) is 0 Å². The molecule has 2 N–H and O–H groups in total. The normalized spacial score (nSPS) is 10.2. The number of carbonyl (C=O) groups excluding carboxylic acids is 2. The average molecular weight is 362 g/mol. The maximum atomic E-state index is 11.9. The molecule has 0 unspecified atom stereocenters. The summed E-state index contributed by atoms with van der Waals surface area (Å²) in [6.45, 7) is 2.58. The quantitative estimate of drug-likeness (QED) is 0.586. The van der Waals surface area contributed by atoms with E-state index in [4.69, 9.17) is 0 Å². The van der Waals surface area contributed by atoms with Gasteiger partial charge < -0.3 is 0 Å². The lowest BCUT2D eigenvalue weighted by Gasteiger charge is -2.08. The number of non-ortho nitro benzene ring substituents is 1. The summed E-state index contributed by atoms with van der Waals surface area (Å²) in [4.78, 5) is 44.1. The molecule has 26 heavy (non-hydrogen) atoms. The van der Waals surface area contributed by atoms with Crippen LogP contribution >= 0.6 is 0 Å². The first kappa shape index (κ1) is 18.5. The van der Waals surface area contributed by atoms with Gasteiger partial charge in [0.05, 0.1) is 9.85 Å². The lowest BCUT2D eigenvalue weighted by molar-refractivity contribution is -0.386. The molecule has 0 aliphatic heterocycles. The first-order valence-electron chi connectivity index (χ1n) is 7.22. The van der Waals surface area contributed by atoms with E-state index in [1.807, 2.05) is 0 Å². The van der Waals surface area contributed by atoms with E-state index in [2.05, 4.69) is 16.0 Å². The third-order valence-corrected chi connectivity index (χ3v) is 3.48. The molecule has 1 aromatic heterocycles. The lowest BCUT2D eigenvalue weighted by Crippen LogP contribution is -2.43. The summed E-state index contributed by atoms with van der Waals surface area (Å²) in [5, 5.41) is 25.4. The molecular formula is C14H14N6O6. The van der Waals surface area contributed by atoms with Crippen LogP contribution in [0, 0.1) is 34.1 Å². The number of rotatable bonds is 5. The second-order valence-electron chi connectivity index (χ2n) is 5.24. The topological polar surface area (TPSA) is 162 Å². The third-order valence-electron chi connectivity index (χ3n) is 3.48. The van der Waals surface area contributed by atoms with Crippen molar-refractivity contribution >= 4 is 23.2 Å². The molecule has 12 nitrogen and oxygen atoms in total.